The molecule has 0 aliphatic heterocycles. The van der Waals surface area contributed by atoms with E-state index in [0.29, 0.717) is 25.6 Å². The summed E-state index contributed by atoms with van der Waals surface area (Å²) in [6, 6.07) is 5.32. The molecule has 180 valence electrons. The first-order valence-electron chi connectivity index (χ1n) is 10.6. The van der Waals surface area contributed by atoms with Gasteiger partial charge in [0.1, 0.15) is 12.2 Å². The molecule has 1 heterocycles. The van der Waals surface area contributed by atoms with E-state index in [-0.39, 0.29) is 30.0 Å². The molecule has 0 spiro atoms. The maximum atomic E-state index is 12.9. The lowest BCUT2D eigenvalue weighted by Crippen LogP contribution is -2.44. The van der Waals surface area contributed by atoms with Crippen molar-refractivity contribution in [3.63, 3.8) is 0 Å². The number of benzene rings is 1. The van der Waals surface area contributed by atoms with Gasteiger partial charge in [0.15, 0.2) is 5.96 Å². The molecule has 0 fully saturated rings. The second-order valence-electron chi connectivity index (χ2n) is 7.03. The van der Waals surface area contributed by atoms with E-state index in [1.807, 2.05) is 25.3 Å². The van der Waals surface area contributed by atoms with E-state index < -0.39 is 11.7 Å². The number of nitrogens with one attached hydrogen (secondary N) is 2. The maximum Gasteiger partial charge on any atom is 0.416 e. The number of aliphatic imine (C=N–C) groups is 1. The average Bonchev–Trinajstić information content (AvgIpc) is 3.22. The van der Waals surface area contributed by atoms with E-state index >= 15 is 0 Å². The molecule has 1 aromatic heterocycles. The highest BCUT2D eigenvalue weighted by Crippen LogP contribution is 2.30. The van der Waals surface area contributed by atoms with Crippen LogP contribution < -0.4 is 10.6 Å². The Morgan fingerprint density at radius 2 is 1.78 bits per heavy atom. The van der Waals surface area contributed by atoms with Gasteiger partial charge in [-0.25, -0.2) is 0 Å². The predicted molar refractivity (Wildman–Crippen MR) is 131 cm³/mol. The fraction of sp³-hybridized carbons (Fsp3) is 0.571. The Labute approximate surface area is 204 Å². The van der Waals surface area contributed by atoms with Crippen molar-refractivity contribution in [2.75, 3.05) is 33.2 Å². The lowest BCUT2D eigenvalue weighted by atomic mass is 10.0. The first kappa shape index (κ1) is 28.1. The number of hydrogen-bond acceptors (Lipinski definition) is 4. The molecule has 1 aromatic carbocycles. The number of halogens is 4. The van der Waals surface area contributed by atoms with E-state index in [1.54, 1.807) is 25.5 Å². The highest BCUT2D eigenvalue weighted by Gasteiger charge is 2.30. The molecule has 2 rings (SSSR count). The van der Waals surface area contributed by atoms with E-state index in [9.17, 15) is 13.2 Å². The van der Waals surface area contributed by atoms with E-state index in [4.69, 9.17) is 0 Å². The smallest absolute Gasteiger partial charge is 0.355 e. The number of hydrogen-bond donors (Lipinski definition) is 2. The standard InChI is InChI=1S/C21H32F3N7.HI/c1-5-19-29-28-15-31(19)13-12-26-20(25-4)27-14-18(30(6-2)7-3)16-8-10-17(11-9-16)21(22,23)24;/h8-11,15,18H,5-7,12-14H2,1-4H3,(H2,25,26,27);1H. The number of nitrogens with zero attached hydrogens (tertiary/aromatic N) is 5. The molecule has 0 saturated heterocycles. The van der Waals surface area contributed by atoms with E-state index in [1.165, 1.54) is 0 Å². The van der Waals surface area contributed by atoms with Crippen molar-refractivity contribution in [2.24, 2.45) is 4.99 Å². The first-order valence-corrected chi connectivity index (χ1v) is 10.6. The Morgan fingerprint density at radius 1 is 1.12 bits per heavy atom. The van der Waals surface area contributed by atoms with Gasteiger partial charge in [-0.1, -0.05) is 32.9 Å². The van der Waals surface area contributed by atoms with Gasteiger partial charge in [-0.05, 0) is 30.8 Å². The van der Waals surface area contributed by atoms with Gasteiger partial charge in [-0.2, -0.15) is 13.2 Å². The summed E-state index contributed by atoms with van der Waals surface area (Å²) in [5.41, 5.74) is 0.192. The van der Waals surface area contributed by atoms with Gasteiger partial charge in [0.2, 0.25) is 0 Å². The second-order valence-corrected chi connectivity index (χ2v) is 7.03. The summed E-state index contributed by atoms with van der Waals surface area (Å²) in [7, 11) is 1.69. The Morgan fingerprint density at radius 3 is 2.31 bits per heavy atom. The van der Waals surface area contributed by atoms with Gasteiger partial charge in [0.25, 0.3) is 0 Å². The van der Waals surface area contributed by atoms with Gasteiger partial charge in [0.05, 0.1) is 11.6 Å². The van der Waals surface area contributed by atoms with Crippen LogP contribution in [0.25, 0.3) is 0 Å². The minimum atomic E-state index is -4.34. The van der Waals surface area contributed by atoms with Crippen molar-refractivity contribution in [2.45, 2.75) is 46.0 Å². The molecule has 0 aliphatic carbocycles. The highest BCUT2D eigenvalue weighted by molar-refractivity contribution is 14.0. The molecular weight excluding hydrogens is 534 g/mol. The summed E-state index contributed by atoms with van der Waals surface area (Å²) >= 11 is 0. The molecule has 1 atom stereocenters. The minimum absolute atomic E-state index is 0. The van der Waals surface area contributed by atoms with Crippen LogP contribution in [0, 0.1) is 0 Å². The average molecular weight is 567 g/mol. The van der Waals surface area contributed by atoms with Gasteiger partial charge < -0.3 is 15.2 Å². The van der Waals surface area contributed by atoms with Crippen LogP contribution >= 0.6 is 24.0 Å². The quantitative estimate of drug-likeness (QED) is 0.260. The zero-order valence-electron chi connectivity index (χ0n) is 19.0. The Kier molecular flexibility index (Phi) is 12.0. The van der Waals surface area contributed by atoms with E-state index in [0.717, 1.165) is 43.0 Å². The van der Waals surface area contributed by atoms with Crippen molar-refractivity contribution in [1.82, 2.24) is 30.3 Å². The molecule has 7 nitrogen and oxygen atoms in total. The number of aryl methyl sites for hydroxylation is 1. The highest BCUT2D eigenvalue weighted by atomic mass is 127. The van der Waals surface area contributed by atoms with E-state index in [2.05, 4.69) is 30.7 Å². The molecule has 0 bridgehead atoms. The van der Waals surface area contributed by atoms with Crippen LogP contribution in [0.2, 0.25) is 0 Å². The largest absolute Gasteiger partial charge is 0.416 e. The van der Waals surface area contributed by atoms with Crippen LogP contribution in [0.5, 0.6) is 0 Å². The number of aromatic nitrogens is 3. The fourth-order valence-corrected chi connectivity index (χ4v) is 3.46. The number of likely N-dealkylation sites (N-methyl/N-ethyl adjacent to an activating group) is 1. The predicted octanol–water partition coefficient (Wildman–Crippen LogP) is 3.73. The number of rotatable bonds is 10. The lowest BCUT2D eigenvalue weighted by Gasteiger charge is -2.31. The van der Waals surface area contributed by atoms with Gasteiger partial charge in [0, 0.05) is 33.1 Å². The Bertz CT molecular complexity index is 818. The second kappa shape index (κ2) is 13.6. The molecule has 0 saturated carbocycles. The first-order chi connectivity index (χ1) is 14.8. The van der Waals surface area contributed by atoms with Gasteiger partial charge in [-0.3, -0.25) is 9.89 Å². The van der Waals surface area contributed by atoms with Gasteiger partial charge >= 0.3 is 6.18 Å². The summed E-state index contributed by atoms with van der Waals surface area (Å²) in [4.78, 5) is 6.46. The summed E-state index contributed by atoms with van der Waals surface area (Å²) in [5.74, 6) is 1.56. The van der Waals surface area contributed by atoms with Crippen LogP contribution in [-0.4, -0.2) is 58.9 Å². The summed E-state index contributed by atoms with van der Waals surface area (Å²) in [6.45, 7) is 9.53. The molecule has 0 radical (unpaired) electrons. The van der Waals surface area contributed by atoms with Crippen LogP contribution in [0.3, 0.4) is 0 Å². The third-order valence-corrected chi connectivity index (χ3v) is 5.22. The third-order valence-electron chi connectivity index (χ3n) is 5.22. The summed E-state index contributed by atoms with van der Waals surface area (Å²) < 4.78 is 40.8. The molecular formula is C21H33F3IN7. The number of alkyl halides is 3. The topological polar surface area (TPSA) is 70.4 Å². The van der Waals surface area contributed by atoms with Gasteiger partial charge in [-0.15, -0.1) is 34.2 Å². The van der Waals surface area contributed by atoms with Crippen molar-refractivity contribution in [3.8, 4) is 0 Å². The normalized spacial score (nSPS) is 13.1. The Hall–Kier alpha value is -1.89. The third kappa shape index (κ3) is 7.91. The van der Waals surface area contributed by atoms with Crippen LogP contribution in [0.1, 0.15) is 43.8 Å². The zero-order chi connectivity index (χ0) is 22.9. The molecule has 2 N–H and O–H groups in total. The van der Waals surface area contributed by atoms with Crippen molar-refractivity contribution in [3.05, 3.63) is 47.5 Å². The molecule has 0 aliphatic rings. The van der Waals surface area contributed by atoms with Crippen LogP contribution in [0.15, 0.2) is 35.6 Å². The fourth-order valence-electron chi connectivity index (χ4n) is 3.46. The molecule has 2 aromatic rings. The summed E-state index contributed by atoms with van der Waals surface area (Å²) in [6.07, 6.45) is -1.82. The molecule has 32 heavy (non-hydrogen) atoms. The lowest BCUT2D eigenvalue weighted by molar-refractivity contribution is -0.137. The SMILES string of the molecule is CCc1nncn1CCNC(=NC)NCC(c1ccc(C(F)(F)F)cc1)N(CC)CC.I. The van der Waals surface area contributed by atoms with Crippen molar-refractivity contribution < 1.29 is 13.2 Å². The van der Waals surface area contributed by atoms with Crippen LogP contribution in [-0.2, 0) is 19.1 Å². The number of guanidine groups is 1. The van der Waals surface area contributed by atoms with Crippen LogP contribution in [0.4, 0.5) is 13.2 Å². The minimum Gasteiger partial charge on any atom is -0.355 e. The Balaban J connectivity index is 0.00000512. The van der Waals surface area contributed by atoms with Crippen molar-refractivity contribution in [1.29, 1.82) is 0 Å². The maximum absolute atomic E-state index is 12.9. The monoisotopic (exact) mass is 567 g/mol. The zero-order valence-corrected chi connectivity index (χ0v) is 21.3. The molecule has 1 unspecified atom stereocenters. The molecule has 11 heteroatoms. The molecule has 0 amide bonds. The van der Waals surface area contributed by atoms with Crippen molar-refractivity contribution >= 4 is 29.9 Å². The summed E-state index contributed by atoms with van der Waals surface area (Å²) in [5, 5.41) is 14.6.